The first-order valence-electron chi connectivity index (χ1n) is 6.88. The summed E-state index contributed by atoms with van der Waals surface area (Å²) in [6.45, 7) is 8.16. The summed E-state index contributed by atoms with van der Waals surface area (Å²) in [4.78, 5) is 11.8. The highest BCUT2D eigenvalue weighted by atomic mass is 32.1. The van der Waals surface area contributed by atoms with E-state index in [-0.39, 0.29) is 18.0 Å². The number of urea groups is 1. The lowest BCUT2D eigenvalue weighted by atomic mass is 10.1. The number of rotatable bonds is 6. The zero-order chi connectivity index (χ0) is 15.1. The molecule has 0 aliphatic carbocycles. The van der Waals surface area contributed by atoms with Crippen molar-refractivity contribution < 1.29 is 4.79 Å². The van der Waals surface area contributed by atoms with Gasteiger partial charge < -0.3 is 5.32 Å². The van der Waals surface area contributed by atoms with Crippen LogP contribution in [0.1, 0.15) is 51.5 Å². The second-order valence-corrected chi connectivity index (χ2v) is 5.95. The molecule has 1 atom stereocenters. The predicted octanol–water partition coefficient (Wildman–Crippen LogP) is 3.22. The molecule has 0 aliphatic rings. The average molecular weight is 294 g/mol. The van der Waals surface area contributed by atoms with Crippen molar-refractivity contribution in [1.82, 2.24) is 15.5 Å². The lowest BCUT2D eigenvalue weighted by molar-refractivity contribution is 0.248. The standard InChI is InChI=1S/C14H22N4OS/c1-6-10(7-2)12-17-18-14(20-12)16-13(19)15-11(8-3)9(4)5/h3,9-11H,6-7H2,1-2,4-5H3,(H2,15,16,18,19). The fourth-order valence-corrected chi connectivity index (χ4v) is 2.77. The Hall–Kier alpha value is -1.61. The molecule has 2 amide bonds. The van der Waals surface area contributed by atoms with Gasteiger partial charge in [0.2, 0.25) is 5.13 Å². The Balaban J connectivity index is 2.61. The Morgan fingerprint density at radius 2 is 2.00 bits per heavy atom. The molecule has 1 heterocycles. The Kier molecular flexibility index (Phi) is 6.46. The average Bonchev–Trinajstić information content (AvgIpc) is 2.85. The van der Waals surface area contributed by atoms with E-state index in [1.165, 1.54) is 11.3 Å². The van der Waals surface area contributed by atoms with Crippen LogP contribution in [0.2, 0.25) is 0 Å². The third-order valence-electron chi connectivity index (χ3n) is 3.13. The molecule has 0 spiro atoms. The van der Waals surface area contributed by atoms with Gasteiger partial charge in [0.15, 0.2) is 0 Å². The van der Waals surface area contributed by atoms with Crippen molar-refractivity contribution in [2.75, 3.05) is 5.32 Å². The quantitative estimate of drug-likeness (QED) is 0.792. The molecule has 20 heavy (non-hydrogen) atoms. The van der Waals surface area contributed by atoms with Crippen LogP contribution in [-0.2, 0) is 0 Å². The molecule has 5 nitrogen and oxygen atoms in total. The molecule has 0 fully saturated rings. The van der Waals surface area contributed by atoms with Gasteiger partial charge in [-0.1, -0.05) is 45.0 Å². The summed E-state index contributed by atoms with van der Waals surface area (Å²) in [6.07, 6.45) is 7.41. The molecule has 1 aromatic rings. The van der Waals surface area contributed by atoms with Gasteiger partial charge in [0.25, 0.3) is 0 Å². The normalized spacial score (nSPS) is 12.2. The Labute approximate surface area is 124 Å². The number of terminal acetylenes is 1. The second kappa shape index (κ2) is 7.85. The zero-order valence-electron chi connectivity index (χ0n) is 12.4. The fraction of sp³-hybridized carbons (Fsp3) is 0.643. The number of hydrogen-bond acceptors (Lipinski definition) is 4. The minimum atomic E-state index is -0.339. The third kappa shape index (κ3) is 4.49. The highest BCUT2D eigenvalue weighted by molar-refractivity contribution is 7.15. The molecule has 1 aromatic heterocycles. The first-order chi connectivity index (χ1) is 9.51. The van der Waals surface area contributed by atoms with Crippen LogP contribution in [-0.4, -0.2) is 22.3 Å². The second-order valence-electron chi connectivity index (χ2n) is 4.95. The van der Waals surface area contributed by atoms with Crippen molar-refractivity contribution in [1.29, 1.82) is 0 Å². The van der Waals surface area contributed by atoms with Crippen LogP contribution in [0.3, 0.4) is 0 Å². The topological polar surface area (TPSA) is 66.9 Å². The molecule has 0 aromatic carbocycles. The number of hydrogen-bond donors (Lipinski definition) is 2. The van der Waals surface area contributed by atoms with Crippen molar-refractivity contribution in [2.45, 2.75) is 52.5 Å². The van der Waals surface area contributed by atoms with Gasteiger partial charge in [0.1, 0.15) is 5.01 Å². The van der Waals surface area contributed by atoms with E-state index in [0.717, 1.165) is 17.8 Å². The predicted molar refractivity (Wildman–Crippen MR) is 82.8 cm³/mol. The molecule has 0 radical (unpaired) electrons. The van der Waals surface area contributed by atoms with Crippen molar-refractivity contribution in [3.63, 3.8) is 0 Å². The molecule has 0 saturated carbocycles. The number of nitrogens with one attached hydrogen (secondary N) is 2. The van der Waals surface area contributed by atoms with Gasteiger partial charge in [-0.05, 0) is 18.8 Å². The number of aromatic nitrogens is 2. The maximum Gasteiger partial charge on any atom is 0.322 e. The molecule has 0 aliphatic heterocycles. The van der Waals surface area contributed by atoms with Crippen LogP contribution >= 0.6 is 11.3 Å². The summed E-state index contributed by atoms with van der Waals surface area (Å²) in [5, 5.41) is 15.0. The van der Waals surface area contributed by atoms with Crippen LogP contribution in [0.15, 0.2) is 0 Å². The van der Waals surface area contributed by atoms with E-state index in [9.17, 15) is 4.79 Å². The number of carbonyl (C=O) groups excluding carboxylic acids is 1. The van der Waals surface area contributed by atoms with Crippen molar-refractivity contribution in [3.05, 3.63) is 5.01 Å². The SMILES string of the molecule is C#CC(NC(=O)Nc1nnc(C(CC)CC)s1)C(C)C. The van der Waals surface area contributed by atoms with Gasteiger partial charge in [-0.15, -0.1) is 16.6 Å². The molecular weight excluding hydrogens is 272 g/mol. The van der Waals surface area contributed by atoms with E-state index in [2.05, 4.69) is 40.6 Å². The van der Waals surface area contributed by atoms with Crippen LogP contribution in [0.4, 0.5) is 9.93 Å². The lowest BCUT2D eigenvalue weighted by Crippen LogP contribution is -2.40. The number of carbonyl (C=O) groups is 1. The van der Waals surface area contributed by atoms with E-state index in [0.29, 0.717) is 11.0 Å². The van der Waals surface area contributed by atoms with Crippen LogP contribution < -0.4 is 10.6 Å². The van der Waals surface area contributed by atoms with Crippen LogP contribution in [0.5, 0.6) is 0 Å². The van der Waals surface area contributed by atoms with Crippen LogP contribution in [0.25, 0.3) is 0 Å². The highest BCUT2D eigenvalue weighted by Crippen LogP contribution is 2.27. The number of nitrogens with zero attached hydrogens (tertiary/aromatic N) is 2. The van der Waals surface area contributed by atoms with Crippen molar-refractivity contribution >= 4 is 22.5 Å². The van der Waals surface area contributed by atoms with Gasteiger partial charge in [0.05, 0.1) is 6.04 Å². The Bertz CT molecular complexity index is 474. The fourth-order valence-electron chi connectivity index (χ4n) is 1.76. The van der Waals surface area contributed by atoms with Crippen molar-refractivity contribution in [2.24, 2.45) is 5.92 Å². The Morgan fingerprint density at radius 3 is 2.50 bits per heavy atom. The minimum Gasteiger partial charge on any atom is -0.324 e. The molecule has 0 saturated heterocycles. The summed E-state index contributed by atoms with van der Waals surface area (Å²) in [5.41, 5.74) is 0. The van der Waals surface area contributed by atoms with Gasteiger partial charge >= 0.3 is 6.03 Å². The molecule has 110 valence electrons. The third-order valence-corrected chi connectivity index (χ3v) is 4.13. The molecule has 0 bridgehead atoms. The molecule has 6 heteroatoms. The summed E-state index contributed by atoms with van der Waals surface area (Å²) in [5.74, 6) is 3.14. The van der Waals surface area contributed by atoms with Gasteiger partial charge in [-0.3, -0.25) is 5.32 Å². The van der Waals surface area contributed by atoms with E-state index >= 15 is 0 Å². The molecule has 1 rings (SSSR count). The first-order valence-corrected chi connectivity index (χ1v) is 7.70. The lowest BCUT2D eigenvalue weighted by Gasteiger charge is -2.16. The van der Waals surface area contributed by atoms with Crippen LogP contribution in [0, 0.1) is 18.3 Å². The summed E-state index contributed by atoms with van der Waals surface area (Å²) in [7, 11) is 0. The number of anilines is 1. The van der Waals surface area contributed by atoms with Crippen molar-refractivity contribution in [3.8, 4) is 12.3 Å². The van der Waals surface area contributed by atoms with E-state index < -0.39 is 0 Å². The van der Waals surface area contributed by atoms with E-state index in [1.807, 2.05) is 13.8 Å². The largest absolute Gasteiger partial charge is 0.324 e. The van der Waals surface area contributed by atoms with Gasteiger partial charge in [-0.2, -0.15) is 0 Å². The van der Waals surface area contributed by atoms with E-state index in [4.69, 9.17) is 6.42 Å². The first kappa shape index (κ1) is 16.4. The summed E-state index contributed by atoms with van der Waals surface area (Å²) >= 11 is 1.42. The summed E-state index contributed by atoms with van der Waals surface area (Å²) < 4.78 is 0. The Morgan fingerprint density at radius 1 is 1.35 bits per heavy atom. The zero-order valence-corrected chi connectivity index (χ0v) is 13.3. The molecule has 2 N–H and O–H groups in total. The van der Waals surface area contributed by atoms with E-state index in [1.54, 1.807) is 0 Å². The summed E-state index contributed by atoms with van der Waals surface area (Å²) in [6, 6.07) is -0.629. The molecular formula is C14H22N4OS. The maximum absolute atomic E-state index is 11.8. The van der Waals surface area contributed by atoms with Gasteiger partial charge in [0, 0.05) is 5.92 Å². The smallest absolute Gasteiger partial charge is 0.322 e. The highest BCUT2D eigenvalue weighted by Gasteiger charge is 2.16. The maximum atomic E-state index is 11.8. The number of amides is 2. The minimum absolute atomic E-state index is 0.181. The van der Waals surface area contributed by atoms with Gasteiger partial charge in [-0.25, -0.2) is 4.79 Å². The molecule has 1 unspecified atom stereocenters. The monoisotopic (exact) mass is 294 g/mol.